The van der Waals surface area contributed by atoms with Gasteiger partial charge in [-0.3, -0.25) is 29.9 Å². The van der Waals surface area contributed by atoms with Crippen molar-refractivity contribution in [1.82, 2.24) is 4.90 Å². The third-order valence-corrected chi connectivity index (χ3v) is 4.45. The number of esters is 1. The van der Waals surface area contributed by atoms with Crippen LogP contribution in [0.15, 0.2) is 11.6 Å². The number of carboxylic acids is 1. The lowest BCUT2D eigenvalue weighted by molar-refractivity contribution is -0.619. The minimum atomic E-state index is -1.81. The molecular weight excluding hydrogens is 326 g/mol. The third kappa shape index (κ3) is 3.07. The summed E-state index contributed by atoms with van der Waals surface area (Å²) >= 11 is 0. The van der Waals surface area contributed by atoms with Crippen LogP contribution in [-0.2, 0) is 14.3 Å². The number of carbonyl (C=O) groups excluding carboxylic acids is 1. The van der Waals surface area contributed by atoms with Gasteiger partial charge in [-0.1, -0.05) is 0 Å². The fourth-order valence-corrected chi connectivity index (χ4v) is 3.52. The molecule has 0 unspecified atom stereocenters. The second-order valence-corrected chi connectivity index (χ2v) is 6.21. The molecule has 11 heteroatoms. The van der Waals surface area contributed by atoms with E-state index in [2.05, 4.69) is 4.74 Å². The largest absolute Gasteiger partial charge is 0.481 e. The first kappa shape index (κ1) is 17.8. The minimum absolute atomic E-state index is 0.0398. The van der Waals surface area contributed by atoms with E-state index in [1.165, 1.54) is 4.90 Å². The van der Waals surface area contributed by atoms with Crippen LogP contribution in [0.1, 0.15) is 19.3 Å². The SMILES string of the molecule is COC(=O)C1=C[C@]2([N+](=O)[O-])CN(CCC(=O)O)C[C@@]([N+](=O)[O-])(C1)C2. The predicted octanol–water partition coefficient (Wildman–Crippen LogP) is -0.299. The number of nitrogens with zero attached hydrogens (tertiary/aromatic N) is 3. The van der Waals surface area contributed by atoms with Crippen molar-refractivity contribution in [3.63, 3.8) is 0 Å². The van der Waals surface area contributed by atoms with Crippen molar-refractivity contribution in [2.45, 2.75) is 30.3 Å². The normalized spacial score (nSPS) is 29.5. The molecule has 1 N–H and O–H groups in total. The van der Waals surface area contributed by atoms with Crippen molar-refractivity contribution < 1.29 is 29.3 Å². The number of hydrogen-bond acceptors (Lipinski definition) is 8. The van der Waals surface area contributed by atoms with Crippen molar-refractivity contribution in [3.8, 4) is 0 Å². The average Bonchev–Trinajstić information content (AvgIpc) is 2.50. The molecule has 24 heavy (non-hydrogen) atoms. The second-order valence-electron chi connectivity index (χ2n) is 6.21. The summed E-state index contributed by atoms with van der Waals surface area (Å²) in [6, 6.07) is 0. The fraction of sp³-hybridized carbons (Fsp3) is 0.692. The van der Waals surface area contributed by atoms with Crippen LogP contribution in [-0.4, -0.2) is 69.6 Å². The van der Waals surface area contributed by atoms with E-state index in [-0.39, 0.29) is 44.5 Å². The zero-order valence-corrected chi connectivity index (χ0v) is 13.0. The summed E-state index contributed by atoms with van der Waals surface area (Å²) in [5, 5.41) is 32.1. The van der Waals surface area contributed by atoms with Crippen LogP contribution < -0.4 is 0 Å². The molecule has 132 valence electrons. The molecule has 1 fully saturated rings. The van der Waals surface area contributed by atoms with Crippen molar-refractivity contribution in [1.29, 1.82) is 0 Å². The standard InChI is InChI=1S/C13H17N3O8/c1-24-11(19)9-4-12(15(20)21)6-13(5-9,16(22)23)8-14(7-12)3-2-10(17)18/h4H,2-3,5-8H2,1H3,(H,17,18)/t12-,13-/m1/s1. The summed E-state index contributed by atoms with van der Waals surface area (Å²) in [4.78, 5) is 46.0. The molecule has 0 aromatic rings. The Hall–Kier alpha value is -2.56. The lowest BCUT2D eigenvalue weighted by Gasteiger charge is -2.44. The number of carbonyl (C=O) groups is 2. The average molecular weight is 343 g/mol. The quantitative estimate of drug-likeness (QED) is 0.389. The van der Waals surface area contributed by atoms with Gasteiger partial charge in [0.05, 0.1) is 39.5 Å². The van der Waals surface area contributed by atoms with E-state index in [0.717, 1.165) is 13.2 Å². The van der Waals surface area contributed by atoms with Crippen LogP contribution in [0.2, 0.25) is 0 Å². The van der Waals surface area contributed by atoms with Crippen LogP contribution in [0.25, 0.3) is 0 Å². The predicted molar refractivity (Wildman–Crippen MR) is 77.5 cm³/mol. The van der Waals surface area contributed by atoms with Gasteiger partial charge in [0.15, 0.2) is 0 Å². The van der Waals surface area contributed by atoms with Gasteiger partial charge in [0.2, 0.25) is 5.54 Å². The molecule has 1 aliphatic heterocycles. The summed E-state index contributed by atoms with van der Waals surface area (Å²) in [6.45, 7) is -0.386. The van der Waals surface area contributed by atoms with Crippen molar-refractivity contribution >= 4 is 11.9 Å². The number of likely N-dealkylation sites (tertiary alicyclic amines) is 1. The Morgan fingerprint density at radius 3 is 2.50 bits per heavy atom. The first-order valence-corrected chi connectivity index (χ1v) is 7.17. The van der Waals surface area contributed by atoms with Crippen molar-refractivity contribution in [3.05, 3.63) is 31.9 Å². The van der Waals surface area contributed by atoms with E-state index in [0.29, 0.717) is 0 Å². The first-order valence-electron chi connectivity index (χ1n) is 7.17. The van der Waals surface area contributed by atoms with Crippen LogP contribution >= 0.6 is 0 Å². The molecule has 0 saturated carbocycles. The van der Waals surface area contributed by atoms with Crippen LogP contribution in [0, 0.1) is 20.2 Å². The number of methoxy groups -OCH3 is 1. The maximum Gasteiger partial charge on any atom is 0.333 e. The number of rotatable bonds is 6. The highest BCUT2D eigenvalue weighted by Crippen LogP contribution is 2.43. The fourth-order valence-electron chi connectivity index (χ4n) is 3.52. The minimum Gasteiger partial charge on any atom is -0.481 e. The Kier molecular flexibility index (Phi) is 4.56. The van der Waals surface area contributed by atoms with E-state index in [9.17, 15) is 29.8 Å². The Balaban J connectivity index is 2.46. The maximum atomic E-state index is 11.8. The first-order chi connectivity index (χ1) is 11.1. The molecule has 11 nitrogen and oxygen atoms in total. The molecule has 0 aromatic carbocycles. The molecule has 0 amide bonds. The van der Waals surface area contributed by atoms with E-state index in [1.807, 2.05) is 0 Å². The smallest absolute Gasteiger partial charge is 0.333 e. The van der Waals surface area contributed by atoms with Gasteiger partial charge in [0, 0.05) is 28.0 Å². The molecule has 1 aliphatic carbocycles. The molecule has 1 heterocycles. The van der Waals surface area contributed by atoms with Crippen LogP contribution in [0.5, 0.6) is 0 Å². The summed E-state index contributed by atoms with van der Waals surface area (Å²) in [5.74, 6) is -1.92. The highest BCUT2D eigenvalue weighted by Gasteiger charge is 2.64. The van der Waals surface area contributed by atoms with Gasteiger partial charge in [-0.25, -0.2) is 4.79 Å². The van der Waals surface area contributed by atoms with Gasteiger partial charge in [-0.15, -0.1) is 0 Å². The summed E-state index contributed by atoms with van der Waals surface area (Å²) < 4.78 is 4.57. The zero-order chi connectivity index (χ0) is 18.1. The molecule has 0 radical (unpaired) electrons. The molecular formula is C13H17N3O8. The number of ether oxygens (including phenoxy) is 1. The van der Waals surface area contributed by atoms with Gasteiger partial charge in [0.25, 0.3) is 5.54 Å². The van der Waals surface area contributed by atoms with E-state index in [4.69, 9.17) is 5.11 Å². The van der Waals surface area contributed by atoms with Gasteiger partial charge < -0.3 is 9.84 Å². The topological polar surface area (TPSA) is 153 Å². The molecule has 2 atom stereocenters. The lowest BCUT2D eigenvalue weighted by atomic mass is 9.69. The Morgan fingerprint density at radius 2 is 2.00 bits per heavy atom. The number of piperidine rings is 1. The number of hydrogen-bond donors (Lipinski definition) is 1. The van der Waals surface area contributed by atoms with Gasteiger partial charge in [-0.05, 0) is 0 Å². The molecule has 1 saturated heterocycles. The van der Waals surface area contributed by atoms with Crippen molar-refractivity contribution in [2.24, 2.45) is 0 Å². The summed E-state index contributed by atoms with van der Waals surface area (Å²) in [7, 11) is 1.10. The third-order valence-electron chi connectivity index (χ3n) is 4.45. The van der Waals surface area contributed by atoms with E-state index < -0.39 is 32.9 Å². The molecule has 0 spiro atoms. The van der Waals surface area contributed by atoms with Crippen LogP contribution in [0.4, 0.5) is 0 Å². The van der Waals surface area contributed by atoms with Gasteiger partial charge >= 0.3 is 11.9 Å². The Bertz CT molecular complexity index is 633. The number of nitro groups is 2. The van der Waals surface area contributed by atoms with Crippen LogP contribution in [0.3, 0.4) is 0 Å². The van der Waals surface area contributed by atoms with Crippen molar-refractivity contribution in [2.75, 3.05) is 26.7 Å². The highest BCUT2D eigenvalue weighted by atomic mass is 16.6. The van der Waals surface area contributed by atoms with E-state index >= 15 is 0 Å². The maximum absolute atomic E-state index is 11.8. The van der Waals surface area contributed by atoms with Gasteiger partial charge in [-0.2, -0.15) is 0 Å². The number of aliphatic carboxylic acids is 1. The van der Waals surface area contributed by atoms with E-state index in [1.54, 1.807) is 0 Å². The zero-order valence-electron chi connectivity index (χ0n) is 13.0. The highest BCUT2D eigenvalue weighted by molar-refractivity contribution is 5.89. The molecule has 2 aliphatic rings. The number of fused-ring (bicyclic) bond motifs is 2. The Labute approximate surface area is 136 Å². The summed E-state index contributed by atoms with van der Waals surface area (Å²) in [5.41, 5.74) is -3.62. The lowest BCUT2D eigenvalue weighted by Crippen LogP contribution is -2.67. The Morgan fingerprint density at radius 1 is 1.33 bits per heavy atom. The molecule has 2 rings (SSSR count). The molecule has 0 aromatic heterocycles. The second kappa shape index (κ2) is 6.15. The monoisotopic (exact) mass is 343 g/mol. The summed E-state index contributed by atoms with van der Waals surface area (Å²) in [6.07, 6.45) is 0.221. The molecule has 2 bridgehead atoms. The number of carboxylic acid groups (broad SMARTS) is 1. The van der Waals surface area contributed by atoms with Gasteiger partial charge in [0.1, 0.15) is 0 Å².